The van der Waals surface area contributed by atoms with Gasteiger partial charge < -0.3 is 10.6 Å². The Bertz CT molecular complexity index is 1190. The van der Waals surface area contributed by atoms with Crippen LogP contribution in [0.2, 0.25) is 0 Å². The quantitative estimate of drug-likeness (QED) is 0.379. The summed E-state index contributed by atoms with van der Waals surface area (Å²) < 4.78 is 0. The molecule has 2 aromatic carbocycles. The third-order valence-electron chi connectivity index (χ3n) is 5.04. The number of rotatable bonds is 7. The smallest absolute Gasteiger partial charge is 0.253 e. The molecule has 0 fully saturated rings. The fourth-order valence-electron chi connectivity index (χ4n) is 3.65. The van der Waals surface area contributed by atoms with E-state index in [0.717, 1.165) is 17.2 Å². The Morgan fingerprint density at radius 2 is 1.47 bits per heavy atom. The van der Waals surface area contributed by atoms with E-state index in [9.17, 15) is 9.59 Å². The van der Waals surface area contributed by atoms with E-state index in [1.165, 1.54) is 0 Å². The third kappa shape index (κ3) is 4.03. The summed E-state index contributed by atoms with van der Waals surface area (Å²) in [5.41, 5.74) is 2.47. The van der Waals surface area contributed by atoms with Crippen molar-refractivity contribution in [1.29, 1.82) is 0 Å². The van der Waals surface area contributed by atoms with E-state index in [2.05, 4.69) is 44.9 Å². The number of carbonyl (C=O) groups is 2. The van der Waals surface area contributed by atoms with Gasteiger partial charge in [-0.3, -0.25) is 19.8 Å². The van der Waals surface area contributed by atoms with Crippen molar-refractivity contribution in [3.8, 4) is 0 Å². The van der Waals surface area contributed by atoms with Crippen molar-refractivity contribution in [3.63, 3.8) is 0 Å². The molecule has 0 aliphatic carbocycles. The van der Waals surface area contributed by atoms with Gasteiger partial charge in [0, 0.05) is 23.4 Å². The molecule has 0 saturated heterocycles. The Morgan fingerprint density at radius 3 is 2.03 bits per heavy atom. The van der Waals surface area contributed by atoms with Crippen LogP contribution in [0.3, 0.4) is 0 Å². The van der Waals surface area contributed by atoms with Crippen molar-refractivity contribution in [1.82, 2.24) is 31.0 Å². The lowest BCUT2D eigenvalue weighted by atomic mass is 10.0. The van der Waals surface area contributed by atoms with Crippen molar-refractivity contribution in [2.24, 2.45) is 5.92 Å². The molecule has 4 aromatic rings. The Hall–Kier alpha value is -3.68. The van der Waals surface area contributed by atoms with Gasteiger partial charge in [-0.25, -0.2) is 0 Å². The second-order valence-electron chi connectivity index (χ2n) is 7.79. The van der Waals surface area contributed by atoms with Gasteiger partial charge in [-0.1, -0.05) is 38.1 Å². The van der Waals surface area contributed by atoms with Crippen molar-refractivity contribution in [2.45, 2.75) is 26.3 Å². The number of nitrogens with one attached hydrogen (secondary N) is 4. The molecule has 0 aliphatic heterocycles. The van der Waals surface area contributed by atoms with E-state index in [-0.39, 0.29) is 17.9 Å². The molecule has 8 heteroatoms. The molecular formula is C22H24N6O2. The molecular weight excluding hydrogens is 380 g/mol. The Labute approximate surface area is 173 Å². The van der Waals surface area contributed by atoms with Crippen LogP contribution >= 0.6 is 0 Å². The van der Waals surface area contributed by atoms with E-state index < -0.39 is 0 Å². The molecule has 154 valence electrons. The summed E-state index contributed by atoms with van der Waals surface area (Å²) in [6, 6.07) is 10.8. The number of nitrogens with zero attached hydrogens (tertiary/aromatic N) is 2. The third-order valence-corrected chi connectivity index (χ3v) is 5.04. The lowest BCUT2D eigenvalue weighted by molar-refractivity contribution is 0.0905. The van der Waals surface area contributed by atoms with Crippen LogP contribution in [-0.2, 0) is 0 Å². The molecule has 0 radical (unpaired) electrons. The van der Waals surface area contributed by atoms with Crippen LogP contribution in [0, 0.1) is 5.92 Å². The average molecular weight is 404 g/mol. The number of H-pyrrole nitrogens is 2. The van der Waals surface area contributed by atoms with Gasteiger partial charge in [0.2, 0.25) is 0 Å². The second kappa shape index (κ2) is 8.36. The van der Waals surface area contributed by atoms with Crippen molar-refractivity contribution < 1.29 is 9.59 Å². The normalized spacial score (nSPS) is 12.4. The molecule has 1 unspecified atom stereocenters. The molecule has 30 heavy (non-hydrogen) atoms. The number of aromatic amines is 2. The highest BCUT2D eigenvalue weighted by Gasteiger charge is 2.19. The summed E-state index contributed by atoms with van der Waals surface area (Å²) >= 11 is 0. The zero-order valence-corrected chi connectivity index (χ0v) is 16.9. The number of hydrogen-bond acceptors (Lipinski definition) is 4. The first-order valence-corrected chi connectivity index (χ1v) is 9.96. The van der Waals surface area contributed by atoms with E-state index in [1.54, 1.807) is 24.5 Å². The summed E-state index contributed by atoms with van der Waals surface area (Å²) in [4.78, 5) is 25.7. The molecule has 2 heterocycles. The molecule has 0 spiro atoms. The van der Waals surface area contributed by atoms with Gasteiger partial charge in [-0.2, -0.15) is 10.2 Å². The summed E-state index contributed by atoms with van der Waals surface area (Å²) in [5, 5.41) is 21.5. The monoisotopic (exact) mass is 404 g/mol. The molecule has 2 aromatic heterocycles. The lowest BCUT2D eigenvalue weighted by Crippen LogP contribution is -2.44. The molecule has 4 rings (SSSR count). The first kappa shape index (κ1) is 19.6. The van der Waals surface area contributed by atoms with Crippen LogP contribution < -0.4 is 10.6 Å². The fourth-order valence-corrected chi connectivity index (χ4v) is 3.65. The van der Waals surface area contributed by atoms with Crippen LogP contribution in [0.25, 0.3) is 21.8 Å². The zero-order valence-electron chi connectivity index (χ0n) is 16.9. The Balaban J connectivity index is 1.47. The maximum atomic E-state index is 12.9. The summed E-state index contributed by atoms with van der Waals surface area (Å²) in [6.45, 7) is 4.50. The molecule has 2 amide bonds. The largest absolute Gasteiger partial charge is 0.350 e. The van der Waals surface area contributed by atoms with Crippen LogP contribution in [0.4, 0.5) is 0 Å². The van der Waals surface area contributed by atoms with E-state index in [1.807, 2.05) is 24.3 Å². The highest BCUT2D eigenvalue weighted by Crippen LogP contribution is 2.17. The lowest BCUT2D eigenvalue weighted by Gasteiger charge is -2.21. The number of amides is 2. The molecule has 0 bridgehead atoms. The topological polar surface area (TPSA) is 116 Å². The summed E-state index contributed by atoms with van der Waals surface area (Å²) in [5.74, 6) is -0.0462. The van der Waals surface area contributed by atoms with E-state index >= 15 is 0 Å². The Kier molecular flexibility index (Phi) is 5.47. The predicted octanol–water partition coefficient (Wildman–Crippen LogP) is 3.01. The molecule has 1 atom stereocenters. The average Bonchev–Trinajstić information content (AvgIpc) is 3.39. The van der Waals surface area contributed by atoms with Gasteiger partial charge in [0.1, 0.15) is 0 Å². The number of carbonyl (C=O) groups excluding carboxylic acids is 2. The van der Waals surface area contributed by atoms with E-state index in [0.29, 0.717) is 34.6 Å². The Morgan fingerprint density at radius 1 is 0.900 bits per heavy atom. The minimum atomic E-state index is -0.208. The number of benzene rings is 2. The van der Waals surface area contributed by atoms with Gasteiger partial charge in [0.15, 0.2) is 0 Å². The first-order valence-electron chi connectivity index (χ1n) is 9.96. The molecule has 4 N–H and O–H groups in total. The van der Waals surface area contributed by atoms with E-state index in [4.69, 9.17) is 0 Å². The predicted molar refractivity (Wildman–Crippen MR) is 115 cm³/mol. The summed E-state index contributed by atoms with van der Waals surface area (Å²) in [7, 11) is 0. The van der Waals surface area contributed by atoms with Crippen LogP contribution in [0.15, 0.2) is 48.8 Å². The van der Waals surface area contributed by atoms with Crippen LogP contribution in [0.5, 0.6) is 0 Å². The van der Waals surface area contributed by atoms with Crippen molar-refractivity contribution >= 4 is 33.6 Å². The minimum Gasteiger partial charge on any atom is -0.350 e. The number of hydrogen-bond donors (Lipinski definition) is 4. The van der Waals surface area contributed by atoms with Gasteiger partial charge in [0.25, 0.3) is 11.8 Å². The number of aromatic nitrogens is 4. The summed E-state index contributed by atoms with van der Waals surface area (Å²) in [6.07, 6.45) is 4.11. The van der Waals surface area contributed by atoms with Gasteiger partial charge in [-0.05, 0) is 24.5 Å². The standard InChI is InChI=1S/C22H24N6O2/c1-13(2)9-16(26-22(30)18-8-4-6-15-11-25-28-20(15)18)12-23-21(29)17-7-3-5-14-10-24-27-19(14)17/h3-8,10-11,13,16H,9,12H2,1-2H3,(H,23,29)(H,24,27)(H,25,28)(H,26,30). The molecule has 0 saturated carbocycles. The van der Waals surface area contributed by atoms with Gasteiger partial charge in [-0.15, -0.1) is 0 Å². The SMILES string of the molecule is CC(C)CC(CNC(=O)c1cccc2cn[nH]c12)NC(=O)c1cccc2cn[nH]c12. The highest BCUT2D eigenvalue weighted by atomic mass is 16.2. The van der Waals surface area contributed by atoms with Crippen molar-refractivity contribution in [3.05, 3.63) is 59.9 Å². The molecule has 0 aliphatic rings. The maximum Gasteiger partial charge on any atom is 0.253 e. The number of para-hydroxylation sites is 2. The zero-order chi connectivity index (χ0) is 21.1. The molecule has 8 nitrogen and oxygen atoms in total. The maximum absolute atomic E-state index is 12.9. The van der Waals surface area contributed by atoms with Gasteiger partial charge in [0.05, 0.1) is 34.6 Å². The highest BCUT2D eigenvalue weighted by molar-refractivity contribution is 6.06. The van der Waals surface area contributed by atoms with Crippen molar-refractivity contribution in [2.75, 3.05) is 6.54 Å². The van der Waals surface area contributed by atoms with Gasteiger partial charge >= 0.3 is 0 Å². The van der Waals surface area contributed by atoms with Crippen LogP contribution in [-0.4, -0.2) is 44.8 Å². The second-order valence-corrected chi connectivity index (χ2v) is 7.79. The fraction of sp³-hybridized carbons (Fsp3) is 0.273. The minimum absolute atomic E-state index is 0.194. The number of fused-ring (bicyclic) bond motifs is 2. The van der Waals surface area contributed by atoms with Crippen LogP contribution in [0.1, 0.15) is 41.0 Å². The first-order chi connectivity index (χ1) is 14.5.